The van der Waals surface area contributed by atoms with Crippen LogP contribution >= 0.6 is 0 Å². The van der Waals surface area contributed by atoms with Crippen LogP contribution < -0.4 is 16.2 Å². The number of aromatic carboxylic acids is 1. The molecule has 20 heavy (non-hydrogen) atoms. The summed E-state index contributed by atoms with van der Waals surface area (Å²) in [5.74, 6) is 3.37. The van der Waals surface area contributed by atoms with Gasteiger partial charge in [-0.15, -0.1) is 0 Å². The third-order valence-corrected chi connectivity index (χ3v) is 3.11. The van der Waals surface area contributed by atoms with Crippen LogP contribution in [0.25, 0.3) is 10.8 Å². The Labute approximate surface area is 115 Å². The maximum absolute atomic E-state index is 11.9. The van der Waals surface area contributed by atoms with Crippen LogP contribution in [0.2, 0.25) is 0 Å². The molecule has 4 N–H and O–H groups in total. The van der Waals surface area contributed by atoms with Crippen LogP contribution in [0, 0.1) is 0 Å². The number of hydrogen-bond acceptors (Lipinski definition) is 4. The van der Waals surface area contributed by atoms with E-state index in [1.165, 1.54) is 6.07 Å². The van der Waals surface area contributed by atoms with Crippen LogP contribution in [0.5, 0.6) is 0 Å². The van der Waals surface area contributed by atoms with E-state index in [4.69, 9.17) is 5.84 Å². The van der Waals surface area contributed by atoms with Crippen molar-refractivity contribution in [3.8, 4) is 0 Å². The lowest BCUT2D eigenvalue weighted by Gasteiger charge is -2.15. The second-order valence-electron chi connectivity index (χ2n) is 4.57. The molecule has 2 aromatic rings. The molecule has 0 saturated carbocycles. The monoisotopic (exact) mass is 273 g/mol. The van der Waals surface area contributed by atoms with Crippen LogP contribution in [0.1, 0.15) is 20.7 Å². The third kappa shape index (κ3) is 2.28. The summed E-state index contributed by atoms with van der Waals surface area (Å²) in [6.45, 7) is 0. The molecule has 104 valence electrons. The summed E-state index contributed by atoms with van der Waals surface area (Å²) < 4.78 is 0. The van der Waals surface area contributed by atoms with Crippen molar-refractivity contribution in [1.29, 1.82) is 0 Å². The zero-order valence-corrected chi connectivity index (χ0v) is 11.2. The standard InChI is InChI=1S/C14H15N3O3/c1-17(2)9-5-3-8-4-6-10(14(19)20)12(11(8)7-9)13(18)16-15/h3-7H,15H2,1-2H3,(H,16,18)(H,19,20). The Morgan fingerprint density at radius 3 is 2.40 bits per heavy atom. The molecule has 0 spiro atoms. The molecule has 0 fully saturated rings. The normalized spacial score (nSPS) is 10.3. The molecule has 0 atom stereocenters. The zero-order valence-electron chi connectivity index (χ0n) is 11.2. The number of carboxylic acids is 1. The Hall–Kier alpha value is -2.60. The second-order valence-corrected chi connectivity index (χ2v) is 4.57. The number of hydrogen-bond donors (Lipinski definition) is 3. The van der Waals surface area contributed by atoms with Gasteiger partial charge in [0.1, 0.15) is 0 Å². The molecule has 1 amide bonds. The van der Waals surface area contributed by atoms with Crippen molar-refractivity contribution in [2.45, 2.75) is 0 Å². The lowest BCUT2D eigenvalue weighted by atomic mass is 9.97. The smallest absolute Gasteiger partial charge is 0.336 e. The highest BCUT2D eigenvalue weighted by Crippen LogP contribution is 2.27. The van der Waals surface area contributed by atoms with E-state index in [0.29, 0.717) is 5.39 Å². The quantitative estimate of drug-likeness (QED) is 0.444. The maximum Gasteiger partial charge on any atom is 0.336 e. The summed E-state index contributed by atoms with van der Waals surface area (Å²) in [7, 11) is 3.73. The molecule has 0 aliphatic rings. The number of amides is 1. The van der Waals surface area contributed by atoms with Crippen LogP contribution in [-0.4, -0.2) is 31.1 Å². The highest BCUT2D eigenvalue weighted by molar-refractivity contribution is 6.14. The third-order valence-electron chi connectivity index (χ3n) is 3.11. The van der Waals surface area contributed by atoms with E-state index < -0.39 is 11.9 Å². The van der Waals surface area contributed by atoms with Crippen LogP contribution in [-0.2, 0) is 0 Å². The van der Waals surface area contributed by atoms with Crippen molar-refractivity contribution in [2.24, 2.45) is 5.84 Å². The van der Waals surface area contributed by atoms with Crippen LogP contribution in [0.15, 0.2) is 30.3 Å². The minimum Gasteiger partial charge on any atom is -0.478 e. The maximum atomic E-state index is 11.9. The Bertz CT molecular complexity index is 695. The van der Waals surface area contributed by atoms with Crippen molar-refractivity contribution in [2.75, 3.05) is 19.0 Å². The minimum absolute atomic E-state index is 0.0706. The Morgan fingerprint density at radius 1 is 1.20 bits per heavy atom. The molecule has 6 nitrogen and oxygen atoms in total. The number of benzene rings is 2. The molecular weight excluding hydrogens is 258 g/mol. The molecule has 2 rings (SSSR count). The highest BCUT2D eigenvalue weighted by atomic mass is 16.4. The Kier molecular flexibility index (Phi) is 3.58. The lowest BCUT2D eigenvalue weighted by Crippen LogP contribution is -2.31. The van der Waals surface area contributed by atoms with Gasteiger partial charge in [0.15, 0.2) is 0 Å². The number of fused-ring (bicyclic) bond motifs is 1. The predicted octanol–water partition coefficient (Wildman–Crippen LogP) is 1.21. The fourth-order valence-electron chi connectivity index (χ4n) is 2.08. The number of nitrogens with one attached hydrogen (secondary N) is 1. The summed E-state index contributed by atoms with van der Waals surface area (Å²) >= 11 is 0. The largest absolute Gasteiger partial charge is 0.478 e. The lowest BCUT2D eigenvalue weighted by molar-refractivity contribution is 0.0691. The number of nitrogens with zero attached hydrogens (tertiary/aromatic N) is 1. The average molecular weight is 273 g/mol. The highest BCUT2D eigenvalue weighted by Gasteiger charge is 2.19. The Morgan fingerprint density at radius 2 is 1.85 bits per heavy atom. The number of carboxylic acid groups (broad SMARTS) is 1. The van der Waals surface area contributed by atoms with Crippen molar-refractivity contribution >= 4 is 28.3 Å². The van der Waals surface area contributed by atoms with E-state index in [9.17, 15) is 14.7 Å². The topological polar surface area (TPSA) is 95.7 Å². The molecule has 0 unspecified atom stereocenters. The number of nitrogens with two attached hydrogens (primary N) is 1. The van der Waals surface area contributed by atoms with Gasteiger partial charge in [0.2, 0.25) is 0 Å². The van der Waals surface area contributed by atoms with Gasteiger partial charge < -0.3 is 10.0 Å². The second kappa shape index (κ2) is 5.18. The van der Waals surface area contributed by atoms with Crippen molar-refractivity contribution in [3.05, 3.63) is 41.5 Å². The van der Waals surface area contributed by atoms with E-state index in [0.717, 1.165) is 11.1 Å². The molecule has 0 saturated heterocycles. The van der Waals surface area contributed by atoms with E-state index in [1.54, 1.807) is 12.1 Å². The minimum atomic E-state index is -1.17. The predicted molar refractivity (Wildman–Crippen MR) is 76.9 cm³/mol. The number of carbonyl (C=O) groups excluding carboxylic acids is 1. The van der Waals surface area contributed by atoms with Crippen molar-refractivity contribution in [3.63, 3.8) is 0 Å². The Balaban J connectivity index is 2.84. The van der Waals surface area contributed by atoms with Gasteiger partial charge in [0, 0.05) is 19.8 Å². The number of rotatable bonds is 3. The summed E-state index contributed by atoms with van der Waals surface area (Å²) in [6, 6.07) is 8.58. The molecule has 0 bridgehead atoms. The average Bonchev–Trinajstić information content (AvgIpc) is 2.44. The van der Waals surface area contributed by atoms with E-state index in [1.807, 2.05) is 36.6 Å². The van der Waals surface area contributed by atoms with Gasteiger partial charge in [0.05, 0.1) is 11.1 Å². The van der Waals surface area contributed by atoms with E-state index in [2.05, 4.69) is 0 Å². The summed E-state index contributed by atoms with van der Waals surface area (Å²) in [4.78, 5) is 25.1. The molecule has 6 heteroatoms. The zero-order chi connectivity index (χ0) is 14.9. The summed E-state index contributed by atoms with van der Waals surface area (Å²) in [5.41, 5.74) is 2.87. The van der Waals surface area contributed by atoms with Gasteiger partial charge in [-0.25, -0.2) is 10.6 Å². The summed E-state index contributed by atoms with van der Waals surface area (Å²) in [5, 5.41) is 10.5. The molecular formula is C14H15N3O3. The van der Waals surface area contributed by atoms with Crippen LogP contribution in [0.3, 0.4) is 0 Å². The molecule has 0 aromatic heterocycles. The first-order chi connectivity index (χ1) is 9.45. The fraction of sp³-hybridized carbons (Fsp3) is 0.143. The first-order valence-electron chi connectivity index (χ1n) is 5.94. The SMILES string of the molecule is CN(C)c1ccc2ccc(C(=O)O)c(C(=O)NN)c2c1. The molecule has 0 radical (unpaired) electrons. The molecule has 0 aliphatic carbocycles. The van der Waals surface area contributed by atoms with Gasteiger partial charge in [-0.1, -0.05) is 12.1 Å². The fourth-order valence-corrected chi connectivity index (χ4v) is 2.08. The first kappa shape index (κ1) is 13.8. The number of nitrogen functional groups attached to an aromatic ring is 1. The molecule has 0 heterocycles. The van der Waals surface area contributed by atoms with Crippen molar-refractivity contribution in [1.82, 2.24) is 5.43 Å². The van der Waals surface area contributed by atoms with E-state index >= 15 is 0 Å². The van der Waals surface area contributed by atoms with Gasteiger partial charge in [-0.2, -0.15) is 0 Å². The number of carbonyl (C=O) groups is 2. The first-order valence-corrected chi connectivity index (χ1v) is 5.94. The van der Waals surface area contributed by atoms with Crippen molar-refractivity contribution < 1.29 is 14.7 Å². The number of hydrazine groups is 1. The van der Waals surface area contributed by atoms with Gasteiger partial charge >= 0.3 is 5.97 Å². The van der Waals surface area contributed by atoms with E-state index in [-0.39, 0.29) is 11.1 Å². The number of anilines is 1. The van der Waals surface area contributed by atoms with Gasteiger partial charge in [-0.05, 0) is 29.0 Å². The molecule has 2 aromatic carbocycles. The van der Waals surface area contributed by atoms with Gasteiger partial charge in [0.25, 0.3) is 5.91 Å². The van der Waals surface area contributed by atoms with Gasteiger partial charge in [-0.3, -0.25) is 10.2 Å². The van der Waals surface area contributed by atoms with Crippen LogP contribution in [0.4, 0.5) is 5.69 Å². The molecule has 0 aliphatic heterocycles. The summed E-state index contributed by atoms with van der Waals surface area (Å²) in [6.07, 6.45) is 0.